The Kier molecular flexibility index (Phi) is 6.04. The maximum absolute atomic E-state index is 5.52. The number of rotatable bonds is 3. The van der Waals surface area contributed by atoms with Gasteiger partial charge in [0, 0.05) is 44.6 Å². The molecule has 4 heterocycles. The Bertz CT molecular complexity index is 2530. The van der Waals surface area contributed by atoms with E-state index < -0.39 is 0 Å². The van der Waals surface area contributed by atoms with Crippen LogP contribution in [0.5, 0.6) is 0 Å². The van der Waals surface area contributed by atoms with Crippen molar-refractivity contribution < 1.29 is 0 Å². The molecule has 0 unspecified atom stereocenters. The van der Waals surface area contributed by atoms with Gasteiger partial charge in [0.15, 0.2) is 0 Å². The minimum absolute atomic E-state index is 0.180. The first kappa shape index (κ1) is 28.5. The molecule has 1 aliphatic rings. The second-order valence-electron chi connectivity index (χ2n) is 14.4. The number of hydrogen-bond acceptors (Lipinski definition) is 3. The predicted octanol–water partition coefficient (Wildman–Crippen LogP) is 11.3. The first-order valence-corrected chi connectivity index (χ1v) is 16.7. The van der Waals surface area contributed by atoms with Crippen molar-refractivity contribution in [3.8, 4) is 22.5 Å². The fourth-order valence-electron chi connectivity index (χ4n) is 7.87. The highest BCUT2D eigenvalue weighted by molar-refractivity contribution is 6.12. The molecule has 0 radical (unpaired) electrons. The summed E-state index contributed by atoms with van der Waals surface area (Å²) in [6, 6.07) is 43.4. The van der Waals surface area contributed by atoms with E-state index in [0.29, 0.717) is 0 Å². The van der Waals surface area contributed by atoms with Gasteiger partial charge in [-0.25, -0.2) is 9.97 Å². The van der Waals surface area contributed by atoms with E-state index in [-0.39, 0.29) is 11.0 Å². The predicted molar refractivity (Wildman–Crippen MR) is 200 cm³/mol. The largest absolute Gasteiger partial charge is 0.354 e. The Morgan fingerprint density at radius 2 is 1.40 bits per heavy atom. The molecule has 0 amide bonds. The van der Waals surface area contributed by atoms with Gasteiger partial charge in [-0.1, -0.05) is 92.7 Å². The van der Waals surface area contributed by atoms with Crippen LogP contribution in [-0.2, 0) is 11.0 Å². The molecule has 3 aromatic heterocycles. The van der Waals surface area contributed by atoms with Crippen molar-refractivity contribution in [2.45, 2.75) is 45.6 Å². The van der Waals surface area contributed by atoms with Gasteiger partial charge in [-0.2, -0.15) is 0 Å². The smallest absolute Gasteiger partial charge is 0.143 e. The summed E-state index contributed by atoms with van der Waals surface area (Å²) in [5.74, 6) is 1.87. The van der Waals surface area contributed by atoms with Crippen molar-refractivity contribution in [1.82, 2.24) is 19.5 Å². The molecule has 0 atom stereocenters. The molecule has 0 bridgehead atoms. The average Bonchev–Trinajstić information content (AvgIpc) is 3.68. The number of imidazole rings is 1. The van der Waals surface area contributed by atoms with Crippen LogP contribution in [0, 0.1) is 0 Å². The molecule has 1 N–H and O–H groups in total. The van der Waals surface area contributed by atoms with Gasteiger partial charge in [0.2, 0.25) is 0 Å². The van der Waals surface area contributed by atoms with E-state index in [4.69, 9.17) is 9.97 Å². The quantitative estimate of drug-likeness (QED) is 0.213. The third-order valence-corrected chi connectivity index (χ3v) is 10.1. The molecule has 48 heavy (non-hydrogen) atoms. The zero-order valence-electron chi connectivity index (χ0n) is 27.9. The minimum Gasteiger partial charge on any atom is -0.354 e. The van der Waals surface area contributed by atoms with Crippen LogP contribution in [0.2, 0.25) is 0 Å². The van der Waals surface area contributed by atoms with Gasteiger partial charge in [-0.3, -0.25) is 4.90 Å². The fourth-order valence-corrected chi connectivity index (χ4v) is 7.87. The molecule has 5 heteroatoms. The number of aromatic nitrogens is 4. The number of H-pyrrole nitrogens is 1. The lowest BCUT2D eigenvalue weighted by atomic mass is 9.73. The van der Waals surface area contributed by atoms with Crippen LogP contribution in [0.3, 0.4) is 0 Å². The van der Waals surface area contributed by atoms with Crippen molar-refractivity contribution in [3.05, 3.63) is 139 Å². The zero-order chi connectivity index (χ0) is 32.8. The number of para-hydroxylation sites is 4. The summed E-state index contributed by atoms with van der Waals surface area (Å²) in [6.45, 7) is 11.4. The third kappa shape index (κ3) is 4.10. The molecule has 0 fully saturated rings. The summed E-state index contributed by atoms with van der Waals surface area (Å²) in [5.41, 5.74) is 12.2. The molecular weight excluding hydrogens is 587 g/mol. The number of hydrogen-bond donors (Lipinski definition) is 1. The normalized spacial score (nSPS) is 14.1. The van der Waals surface area contributed by atoms with Crippen molar-refractivity contribution in [3.63, 3.8) is 0 Å². The van der Waals surface area contributed by atoms with Crippen LogP contribution in [0.15, 0.2) is 128 Å². The molecule has 1 aliphatic heterocycles. The highest BCUT2D eigenvalue weighted by Crippen LogP contribution is 2.52. The number of aromatic amines is 1. The van der Waals surface area contributed by atoms with E-state index in [1.165, 1.54) is 21.9 Å². The Morgan fingerprint density at radius 1 is 0.667 bits per heavy atom. The van der Waals surface area contributed by atoms with Crippen LogP contribution < -0.4 is 4.90 Å². The van der Waals surface area contributed by atoms with E-state index in [2.05, 4.69) is 164 Å². The van der Waals surface area contributed by atoms with E-state index >= 15 is 0 Å². The first-order valence-electron chi connectivity index (χ1n) is 16.7. The first-order chi connectivity index (χ1) is 23.2. The monoisotopic (exact) mass is 623 g/mol. The summed E-state index contributed by atoms with van der Waals surface area (Å²) in [7, 11) is 0. The lowest BCUT2D eigenvalue weighted by Crippen LogP contribution is -2.30. The number of benzene rings is 5. The lowest BCUT2D eigenvalue weighted by Gasteiger charge is -2.41. The van der Waals surface area contributed by atoms with E-state index in [1.54, 1.807) is 0 Å². The summed E-state index contributed by atoms with van der Waals surface area (Å²) in [4.78, 5) is 16.4. The molecule has 5 nitrogen and oxygen atoms in total. The summed E-state index contributed by atoms with van der Waals surface area (Å²) < 4.78 is 2.41. The number of nitrogens with zero attached hydrogens (tertiary/aromatic N) is 4. The van der Waals surface area contributed by atoms with Gasteiger partial charge >= 0.3 is 0 Å². The molecule has 0 aliphatic carbocycles. The summed E-state index contributed by atoms with van der Waals surface area (Å²) in [6.07, 6.45) is 1.87. The van der Waals surface area contributed by atoms with Gasteiger partial charge in [0.25, 0.3) is 0 Å². The molecule has 0 saturated heterocycles. The van der Waals surface area contributed by atoms with Crippen LogP contribution >= 0.6 is 0 Å². The third-order valence-electron chi connectivity index (χ3n) is 10.1. The lowest BCUT2D eigenvalue weighted by molar-refractivity contribution is 0.413. The maximum Gasteiger partial charge on any atom is 0.143 e. The molecule has 9 rings (SSSR count). The molecule has 5 aromatic carbocycles. The van der Waals surface area contributed by atoms with Crippen molar-refractivity contribution in [1.29, 1.82) is 0 Å². The molecule has 0 spiro atoms. The van der Waals surface area contributed by atoms with Crippen LogP contribution in [0.4, 0.5) is 17.2 Å². The second kappa shape index (κ2) is 10.2. The minimum atomic E-state index is -0.212. The fraction of sp³-hybridized carbons (Fsp3) is 0.163. The van der Waals surface area contributed by atoms with Gasteiger partial charge in [0.05, 0.1) is 27.9 Å². The molecule has 234 valence electrons. The van der Waals surface area contributed by atoms with Gasteiger partial charge < -0.3 is 9.55 Å². The zero-order valence-corrected chi connectivity index (χ0v) is 27.9. The highest BCUT2D eigenvalue weighted by atomic mass is 15.2. The molecular formula is C43H37N5. The van der Waals surface area contributed by atoms with Crippen LogP contribution in [-0.4, -0.2) is 19.5 Å². The van der Waals surface area contributed by atoms with E-state index in [9.17, 15) is 0 Å². The Hall–Kier alpha value is -5.68. The SMILES string of the molecule is CC1(C)c2ccccc2N(c2ccccn2)c2cc(-c3cccc4c3nc(-c3cccc5c3[nH]c3ccccc35)n4C(C)(C)C)ccc21. The number of fused-ring (bicyclic) bond motifs is 6. The van der Waals surface area contributed by atoms with E-state index in [1.807, 2.05) is 12.3 Å². The maximum atomic E-state index is 5.52. The van der Waals surface area contributed by atoms with Crippen LogP contribution in [0.25, 0.3) is 55.4 Å². The van der Waals surface area contributed by atoms with Gasteiger partial charge in [0.1, 0.15) is 11.6 Å². The van der Waals surface area contributed by atoms with Crippen LogP contribution in [0.1, 0.15) is 45.7 Å². The van der Waals surface area contributed by atoms with Gasteiger partial charge in [-0.15, -0.1) is 0 Å². The summed E-state index contributed by atoms with van der Waals surface area (Å²) >= 11 is 0. The van der Waals surface area contributed by atoms with Gasteiger partial charge in [-0.05, 0) is 79.9 Å². The Labute approximate surface area is 280 Å². The topological polar surface area (TPSA) is 49.7 Å². The van der Waals surface area contributed by atoms with Crippen molar-refractivity contribution in [2.75, 3.05) is 4.90 Å². The standard InChI is InChI=1S/C43H37N5/c1-42(2,3)48-36-21-13-15-28(40(36)46-41(48)31-17-12-16-30-29-14-6-8-19-34(29)45-39(30)31)27-23-24-33-37(26-27)47(38-22-10-11-25-44-38)35-20-9-7-18-32(35)43(33,4)5/h6-26,45H,1-5H3. The Morgan fingerprint density at radius 3 is 2.23 bits per heavy atom. The van der Waals surface area contributed by atoms with Crippen molar-refractivity contribution >= 4 is 50.0 Å². The Balaban J connectivity index is 1.29. The van der Waals surface area contributed by atoms with E-state index in [0.717, 1.165) is 61.8 Å². The second-order valence-corrected chi connectivity index (χ2v) is 14.4. The molecule has 0 saturated carbocycles. The number of anilines is 3. The number of nitrogens with one attached hydrogen (secondary N) is 1. The average molecular weight is 624 g/mol. The number of pyridine rings is 1. The molecule has 8 aromatic rings. The summed E-state index contributed by atoms with van der Waals surface area (Å²) in [5, 5.41) is 2.44. The highest BCUT2D eigenvalue weighted by Gasteiger charge is 2.37. The van der Waals surface area contributed by atoms with Crippen molar-refractivity contribution in [2.24, 2.45) is 0 Å².